The summed E-state index contributed by atoms with van der Waals surface area (Å²) in [6.07, 6.45) is 0. The van der Waals surface area contributed by atoms with E-state index in [1.165, 1.54) is 22.3 Å². The molecule has 0 aliphatic heterocycles. The second-order valence-electron chi connectivity index (χ2n) is 8.97. The minimum Gasteiger partial charge on any atom is -0.332 e. The van der Waals surface area contributed by atoms with Gasteiger partial charge < -0.3 is 16.4 Å². The van der Waals surface area contributed by atoms with Crippen LogP contribution >= 0.6 is 12.2 Å². The third-order valence-corrected chi connectivity index (χ3v) is 6.45. The first-order valence-corrected chi connectivity index (χ1v) is 11.9. The van der Waals surface area contributed by atoms with Crippen LogP contribution in [-0.4, -0.2) is 5.11 Å². The van der Waals surface area contributed by atoms with Gasteiger partial charge in [0.1, 0.15) is 0 Å². The molecule has 0 aromatic heterocycles. The molecule has 172 valence electrons. The molecule has 0 aliphatic carbocycles. The van der Waals surface area contributed by atoms with E-state index in [9.17, 15) is 0 Å². The fourth-order valence-corrected chi connectivity index (χ4v) is 4.84. The number of hydrogen-bond donors (Lipinski definition) is 3. The van der Waals surface area contributed by atoms with Crippen molar-refractivity contribution in [3.8, 4) is 0 Å². The van der Waals surface area contributed by atoms with Gasteiger partial charge in [0.2, 0.25) is 0 Å². The van der Waals surface area contributed by atoms with E-state index >= 15 is 0 Å². The molecule has 4 heteroatoms. The van der Waals surface area contributed by atoms with Gasteiger partial charge in [-0.15, -0.1) is 0 Å². The molecule has 0 heterocycles. The van der Waals surface area contributed by atoms with Crippen LogP contribution in [0.3, 0.4) is 0 Å². The fourth-order valence-electron chi connectivity index (χ4n) is 4.60. The Morgan fingerprint density at radius 2 is 1.12 bits per heavy atom. The van der Waals surface area contributed by atoms with Crippen molar-refractivity contribution in [2.24, 2.45) is 5.73 Å². The molecule has 0 saturated carbocycles. The second kappa shape index (κ2) is 9.80. The summed E-state index contributed by atoms with van der Waals surface area (Å²) < 4.78 is 0. The summed E-state index contributed by atoms with van der Waals surface area (Å²) in [5.41, 5.74) is 16.5. The van der Waals surface area contributed by atoms with Crippen molar-refractivity contribution in [3.05, 3.63) is 130 Å². The smallest absolute Gasteiger partial charge is 0.175 e. The zero-order valence-electron chi connectivity index (χ0n) is 20.1. The van der Waals surface area contributed by atoms with Crippen molar-refractivity contribution in [2.45, 2.75) is 33.2 Å². The minimum atomic E-state index is -0.781. The summed E-state index contributed by atoms with van der Waals surface area (Å²) in [5, 5.41) is 7.02. The van der Waals surface area contributed by atoms with Gasteiger partial charge in [0, 0.05) is 11.4 Å². The Bertz CT molecular complexity index is 1260. The summed E-state index contributed by atoms with van der Waals surface area (Å²) in [7, 11) is 0. The van der Waals surface area contributed by atoms with Crippen LogP contribution in [-0.2, 0) is 5.54 Å². The van der Waals surface area contributed by atoms with Crippen molar-refractivity contribution in [3.63, 3.8) is 0 Å². The van der Waals surface area contributed by atoms with E-state index in [1.54, 1.807) is 0 Å². The number of anilines is 2. The monoisotopic (exact) mass is 465 g/mol. The number of hydrogen-bond acceptors (Lipinski definition) is 2. The van der Waals surface area contributed by atoms with Gasteiger partial charge in [-0.05, 0) is 92.0 Å². The highest BCUT2D eigenvalue weighted by Gasteiger charge is 2.34. The van der Waals surface area contributed by atoms with Gasteiger partial charge in [-0.25, -0.2) is 0 Å². The van der Waals surface area contributed by atoms with Crippen molar-refractivity contribution in [1.29, 1.82) is 0 Å². The molecule has 0 atom stereocenters. The van der Waals surface area contributed by atoms with Crippen LogP contribution in [0.25, 0.3) is 0 Å². The maximum atomic E-state index is 7.36. The van der Waals surface area contributed by atoms with Gasteiger partial charge in [0.25, 0.3) is 0 Å². The third-order valence-electron chi connectivity index (χ3n) is 6.24. The Balaban J connectivity index is 1.70. The average Bonchev–Trinajstić information content (AvgIpc) is 2.79. The zero-order chi connectivity index (χ0) is 24.3. The lowest BCUT2D eigenvalue weighted by Crippen LogP contribution is -2.40. The number of benzene rings is 4. The molecule has 0 aliphatic rings. The number of nitrogens with two attached hydrogens (primary N) is 1. The number of para-hydroxylation sites is 1. The Morgan fingerprint density at radius 1 is 0.647 bits per heavy atom. The highest BCUT2D eigenvalue weighted by Crippen LogP contribution is 2.38. The summed E-state index contributed by atoms with van der Waals surface area (Å²) in [6, 6.07) is 31.1. The highest BCUT2D eigenvalue weighted by molar-refractivity contribution is 7.80. The van der Waals surface area contributed by atoms with E-state index < -0.39 is 5.54 Å². The van der Waals surface area contributed by atoms with Crippen molar-refractivity contribution in [2.75, 3.05) is 10.6 Å². The molecule has 3 nitrogen and oxygen atoms in total. The molecular weight excluding hydrogens is 434 g/mol. The molecule has 0 saturated heterocycles. The standard InChI is InChI=1S/C30H31N3S/c1-20-10-16-27(22(3)18-20)30(31,28-17-11-21(2)19-23(28)4)24-12-14-26(15-13-24)33-29(34)32-25-8-6-5-7-9-25/h5-19H,31H2,1-4H3,(H2,32,33,34). The molecule has 0 radical (unpaired) electrons. The van der Waals surface area contributed by atoms with E-state index in [2.05, 4.69) is 86.9 Å². The number of aryl methyl sites for hydroxylation is 4. The highest BCUT2D eigenvalue weighted by atomic mass is 32.1. The first kappa shape index (κ1) is 23.7. The van der Waals surface area contributed by atoms with Crippen LogP contribution in [0.5, 0.6) is 0 Å². The lowest BCUT2D eigenvalue weighted by Gasteiger charge is -2.34. The van der Waals surface area contributed by atoms with Gasteiger partial charge in [-0.1, -0.05) is 77.9 Å². The Morgan fingerprint density at radius 3 is 1.59 bits per heavy atom. The molecule has 0 spiro atoms. The van der Waals surface area contributed by atoms with E-state index in [1.807, 2.05) is 42.5 Å². The fraction of sp³-hybridized carbons (Fsp3) is 0.167. The molecule has 4 aromatic carbocycles. The molecule has 4 aromatic rings. The Kier molecular flexibility index (Phi) is 6.82. The van der Waals surface area contributed by atoms with Crippen LogP contribution < -0.4 is 16.4 Å². The first-order valence-electron chi connectivity index (χ1n) is 11.5. The molecule has 4 rings (SSSR count). The maximum absolute atomic E-state index is 7.36. The number of thiocarbonyl (C=S) groups is 1. The predicted octanol–water partition coefficient (Wildman–Crippen LogP) is 6.98. The van der Waals surface area contributed by atoms with Crippen molar-refractivity contribution in [1.82, 2.24) is 0 Å². The van der Waals surface area contributed by atoms with E-state index in [4.69, 9.17) is 18.0 Å². The second-order valence-corrected chi connectivity index (χ2v) is 9.38. The van der Waals surface area contributed by atoms with E-state index in [-0.39, 0.29) is 0 Å². The largest absolute Gasteiger partial charge is 0.332 e. The van der Waals surface area contributed by atoms with Crippen molar-refractivity contribution >= 4 is 28.7 Å². The lowest BCUT2D eigenvalue weighted by molar-refractivity contribution is 0.643. The molecule has 0 unspecified atom stereocenters. The molecule has 4 N–H and O–H groups in total. The van der Waals surface area contributed by atoms with E-state index in [0.29, 0.717) is 5.11 Å². The Hall–Kier alpha value is -3.47. The number of nitrogens with one attached hydrogen (secondary N) is 2. The Labute approximate surface area is 208 Å². The molecule has 0 amide bonds. The minimum absolute atomic E-state index is 0.543. The summed E-state index contributed by atoms with van der Waals surface area (Å²) in [5.74, 6) is 0. The third kappa shape index (κ3) is 4.89. The van der Waals surface area contributed by atoms with Crippen LogP contribution in [0.1, 0.15) is 38.9 Å². The van der Waals surface area contributed by atoms with Gasteiger partial charge in [0.05, 0.1) is 5.54 Å². The van der Waals surface area contributed by atoms with Gasteiger partial charge >= 0.3 is 0 Å². The molecular formula is C30H31N3S. The van der Waals surface area contributed by atoms with Gasteiger partial charge in [0.15, 0.2) is 5.11 Å². The topological polar surface area (TPSA) is 50.1 Å². The van der Waals surface area contributed by atoms with Crippen LogP contribution in [0.15, 0.2) is 91.0 Å². The number of rotatable bonds is 5. The normalized spacial score (nSPS) is 11.2. The van der Waals surface area contributed by atoms with Crippen molar-refractivity contribution < 1.29 is 0 Å². The van der Waals surface area contributed by atoms with Gasteiger partial charge in [-0.3, -0.25) is 0 Å². The van der Waals surface area contributed by atoms with Crippen LogP contribution in [0, 0.1) is 27.7 Å². The predicted molar refractivity (Wildman–Crippen MR) is 149 cm³/mol. The quantitative estimate of drug-likeness (QED) is 0.220. The molecule has 0 bridgehead atoms. The first-order chi connectivity index (χ1) is 16.3. The van der Waals surface area contributed by atoms with Crippen LogP contribution in [0.2, 0.25) is 0 Å². The molecule has 34 heavy (non-hydrogen) atoms. The average molecular weight is 466 g/mol. The van der Waals surface area contributed by atoms with Gasteiger partial charge in [-0.2, -0.15) is 0 Å². The molecule has 0 fully saturated rings. The van der Waals surface area contributed by atoms with Crippen LogP contribution in [0.4, 0.5) is 11.4 Å². The SMILES string of the molecule is Cc1ccc(C(N)(c2ccc(NC(=S)Nc3ccccc3)cc2)c2ccc(C)cc2C)c(C)c1. The summed E-state index contributed by atoms with van der Waals surface area (Å²) >= 11 is 5.49. The summed E-state index contributed by atoms with van der Waals surface area (Å²) in [6.45, 7) is 8.49. The van der Waals surface area contributed by atoms with E-state index in [0.717, 1.165) is 28.1 Å². The maximum Gasteiger partial charge on any atom is 0.175 e. The summed E-state index contributed by atoms with van der Waals surface area (Å²) in [4.78, 5) is 0. The lowest BCUT2D eigenvalue weighted by atomic mass is 9.74. The zero-order valence-corrected chi connectivity index (χ0v) is 21.0.